The molecule has 1 saturated carbocycles. The molecule has 1 aliphatic rings. The first kappa shape index (κ1) is 7.73. The zero-order valence-electron chi connectivity index (χ0n) is 7.72. The predicted molar refractivity (Wildman–Crippen MR) is 50.3 cm³/mol. The summed E-state index contributed by atoms with van der Waals surface area (Å²) in [4.78, 5) is 0. The molecule has 1 N–H and O–H groups in total. The average molecular weight is 189 g/mol. The third-order valence-corrected chi connectivity index (χ3v) is 2.47. The topological polar surface area (TPSA) is 59.4 Å². The number of nitrogens with one attached hydrogen (secondary N) is 1. The summed E-state index contributed by atoms with van der Waals surface area (Å²) in [6.45, 7) is 1.00. The van der Waals surface area contributed by atoms with Crippen LogP contribution in [0.25, 0.3) is 11.3 Å². The van der Waals surface area contributed by atoms with Crippen molar-refractivity contribution in [3.05, 3.63) is 18.6 Å². The van der Waals surface area contributed by atoms with Crippen LogP contribution in [0.3, 0.4) is 0 Å². The Morgan fingerprint density at radius 3 is 3.14 bits per heavy atom. The number of nitrogens with zero attached hydrogens (tertiary/aromatic N) is 4. The summed E-state index contributed by atoms with van der Waals surface area (Å²) in [5, 5.41) is 14.8. The van der Waals surface area contributed by atoms with Crippen molar-refractivity contribution >= 4 is 0 Å². The Kier molecular flexibility index (Phi) is 1.62. The fourth-order valence-electron chi connectivity index (χ4n) is 1.48. The third kappa shape index (κ3) is 1.41. The molecule has 14 heavy (non-hydrogen) atoms. The molecule has 72 valence electrons. The Balaban J connectivity index is 1.82. The van der Waals surface area contributed by atoms with Crippen LogP contribution < -0.4 is 0 Å². The van der Waals surface area contributed by atoms with E-state index in [9.17, 15) is 0 Å². The molecule has 2 heterocycles. The number of H-pyrrole nitrogens is 1. The molecule has 0 radical (unpaired) electrons. The highest BCUT2D eigenvalue weighted by atomic mass is 15.4. The highest BCUT2D eigenvalue weighted by molar-refractivity contribution is 5.54. The number of hydrogen-bond donors (Lipinski definition) is 1. The van der Waals surface area contributed by atoms with E-state index in [4.69, 9.17) is 0 Å². The maximum absolute atomic E-state index is 4.09. The summed E-state index contributed by atoms with van der Waals surface area (Å²) in [6.07, 6.45) is 8.22. The normalized spacial score (nSPS) is 16.0. The minimum Gasteiger partial charge on any atom is -0.285 e. The summed E-state index contributed by atoms with van der Waals surface area (Å²) in [5.74, 6) is 0.828. The van der Waals surface area contributed by atoms with E-state index in [1.807, 2.05) is 17.1 Å². The molecule has 0 aromatic carbocycles. The quantitative estimate of drug-likeness (QED) is 0.785. The summed E-state index contributed by atoms with van der Waals surface area (Å²) >= 11 is 0. The van der Waals surface area contributed by atoms with Gasteiger partial charge in [-0.15, -0.1) is 5.10 Å². The molecule has 5 heteroatoms. The molecular weight excluding hydrogens is 178 g/mol. The molecule has 0 amide bonds. The molecule has 0 unspecified atom stereocenters. The molecule has 3 rings (SSSR count). The van der Waals surface area contributed by atoms with E-state index >= 15 is 0 Å². The lowest BCUT2D eigenvalue weighted by molar-refractivity contribution is 0.544. The van der Waals surface area contributed by atoms with Gasteiger partial charge in [-0.05, 0) is 18.8 Å². The first-order valence-corrected chi connectivity index (χ1v) is 4.81. The Hall–Kier alpha value is -1.65. The highest BCUT2D eigenvalue weighted by Crippen LogP contribution is 2.30. The molecule has 2 aromatic rings. The van der Waals surface area contributed by atoms with E-state index in [1.165, 1.54) is 12.8 Å². The Morgan fingerprint density at radius 2 is 2.43 bits per heavy atom. The van der Waals surface area contributed by atoms with Gasteiger partial charge in [-0.25, -0.2) is 0 Å². The Labute approximate surface area is 81.1 Å². The van der Waals surface area contributed by atoms with Crippen LogP contribution in [0.2, 0.25) is 0 Å². The van der Waals surface area contributed by atoms with E-state index in [1.54, 1.807) is 6.20 Å². The van der Waals surface area contributed by atoms with Gasteiger partial charge in [-0.2, -0.15) is 5.10 Å². The predicted octanol–water partition coefficient (Wildman–Crippen LogP) is 1.08. The lowest BCUT2D eigenvalue weighted by atomic mass is 10.3. The second kappa shape index (κ2) is 2.94. The van der Waals surface area contributed by atoms with Crippen molar-refractivity contribution in [1.82, 2.24) is 25.2 Å². The van der Waals surface area contributed by atoms with Gasteiger partial charge in [0.1, 0.15) is 5.69 Å². The molecule has 5 nitrogen and oxygen atoms in total. The van der Waals surface area contributed by atoms with Gasteiger partial charge >= 0.3 is 0 Å². The van der Waals surface area contributed by atoms with Gasteiger partial charge in [-0.3, -0.25) is 9.78 Å². The number of aromatic nitrogens is 5. The van der Waals surface area contributed by atoms with Crippen LogP contribution in [-0.2, 0) is 6.54 Å². The van der Waals surface area contributed by atoms with Gasteiger partial charge in [0.2, 0.25) is 0 Å². The van der Waals surface area contributed by atoms with Crippen molar-refractivity contribution in [2.45, 2.75) is 19.4 Å². The lowest BCUT2D eigenvalue weighted by Crippen LogP contribution is -1.99. The third-order valence-electron chi connectivity index (χ3n) is 2.47. The largest absolute Gasteiger partial charge is 0.285 e. The average Bonchev–Trinajstić information content (AvgIpc) is 2.71. The number of rotatable bonds is 3. The molecule has 0 spiro atoms. The molecular formula is C9H11N5. The van der Waals surface area contributed by atoms with Crippen LogP contribution in [0.5, 0.6) is 0 Å². The summed E-state index contributed by atoms with van der Waals surface area (Å²) in [6, 6.07) is 0. The molecule has 1 aliphatic carbocycles. The highest BCUT2D eigenvalue weighted by Gasteiger charge is 2.22. The first-order valence-electron chi connectivity index (χ1n) is 4.81. The molecule has 0 aliphatic heterocycles. The van der Waals surface area contributed by atoms with Crippen LogP contribution in [0, 0.1) is 5.92 Å². The van der Waals surface area contributed by atoms with Crippen molar-refractivity contribution in [2.24, 2.45) is 5.92 Å². The Morgan fingerprint density at radius 1 is 1.50 bits per heavy atom. The minimum atomic E-state index is 0.828. The molecule has 0 bridgehead atoms. The summed E-state index contributed by atoms with van der Waals surface area (Å²) < 4.78 is 1.92. The Bertz CT molecular complexity index is 412. The van der Waals surface area contributed by atoms with Gasteiger partial charge in [0.25, 0.3) is 0 Å². The fraction of sp³-hybridized carbons (Fsp3) is 0.444. The second-order valence-electron chi connectivity index (χ2n) is 3.76. The second-order valence-corrected chi connectivity index (χ2v) is 3.76. The number of aromatic amines is 1. The van der Waals surface area contributed by atoms with Crippen molar-refractivity contribution in [3.8, 4) is 11.3 Å². The molecule has 0 atom stereocenters. The standard InChI is InChI=1S/C9H11N5/c1-2-7(1)5-14-6-9(12-13-14)8-3-10-11-4-8/h3-4,6-7H,1-2,5H2,(H,10,11). The van der Waals surface area contributed by atoms with Crippen LogP contribution in [0.15, 0.2) is 18.6 Å². The van der Waals surface area contributed by atoms with Crippen LogP contribution in [0.1, 0.15) is 12.8 Å². The van der Waals surface area contributed by atoms with Gasteiger partial charge in [0.05, 0.1) is 12.4 Å². The molecule has 2 aromatic heterocycles. The fourth-order valence-corrected chi connectivity index (χ4v) is 1.48. The van der Waals surface area contributed by atoms with Gasteiger partial charge in [0, 0.05) is 18.3 Å². The van der Waals surface area contributed by atoms with Crippen LogP contribution >= 0.6 is 0 Å². The van der Waals surface area contributed by atoms with E-state index in [0.29, 0.717) is 0 Å². The monoisotopic (exact) mass is 189 g/mol. The lowest BCUT2D eigenvalue weighted by Gasteiger charge is -1.93. The molecule has 0 saturated heterocycles. The van der Waals surface area contributed by atoms with Gasteiger partial charge < -0.3 is 0 Å². The zero-order chi connectivity index (χ0) is 9.38. The summed E-state index contributed by atoms with van der Waals surface area (Å²) in [7, 11) is 0. The number of hydrogen-bond acceptors (Lipinski definition) is 3. The van der Waals surface area contributed by atoms with Crippen molar-refractivity contribution < 1.29 is 0 Å². The first-order chi connectivity index (χ1) is 6.92. The smallest absolute Gasteiger partial charge is 0.116 e. The van der Waals surface area contributed by atoms with Gasteiger partial charge in [0.15, 0.2) is 0 Å². The molecule has 1 fully saturated rings. The van der Waals surface area contributed by atoms with E-state index in [-0.39, 0.29) is 0 Å². The zero-order valence-corrected chi connectivity index (χ0v) is 7.72. The minimum absolute atomic E-state index is 0.828. The van der Waals surface area contributed by atoms with E-state index in [0.717, 1.165) is 23.7 Å². The van der Waals surface area contributed by atoms with E-state index < -0.39 is 0 Å². The maximum atomic E-state index is 4.09. The SMILES string of the molecule is c1n[nH]cc1-c1cn(CC2CC2)nn1. The van der Waals surface area contributed by atoms with Crippen LogP contribution in [0.4, 0.5) is 0 Å². The van der Waals surface area contributed by atoms with Crippen LogP contribution in [-0.4, -0.2) is 25.2 Å². The summed E-state index contributed by atoms with van der Waals surface area (Å²) in [5.41, 5.74) is 1.88. The van der Waals surface area contributed by atoms with Crippen molar-refractivity contribution in [2.75, 3.05) is 0 Å². The van der Waals surface area contributed by atoms with E-state index in [2.05, 4.69) is 20.5 Å². The van der Waals surface area contributed by atoms with Crippen molar-refractivity contribution in [1.29, 1.82) is 0 Å². The maximum Gasteiger partial charge on any atom is 0.116 e. The van der Waals surface area contributed by atoms with Crippen molar-refractivity contribution in [3.63, 3.8) is 0 Å². The van der Waals surface area contributed by atoms with Gasteiger partial charge in [-0.1, -0.05) is 5.21 Å².